The minimum Gasteiger partial charge on any atom is -0.368 e. The van der Waals surface area contributed by atoms with Crippen LogP contribution < -0.4 is 15.5 Å². The topological polar surface area (TPSA) is 76.3 Å². The highest BCUT2D eigenvalue weighted by Crippen LogP contribution is 2.23. The first kappa shape index (κ1) is 19.2. The Morgan fingerprint density at radius 1 is 1.44 bits per heavy atom. The number of para-hydroxylation sites is 1. The molecule has 2 N–H and O–H groups in total. The molecular formula is C20H26N6S. The molecule has 27 heavy (non-hydrogen) atoms. The Balaban J connectivity index is 1.66. The summed E-state index contributed by atoms with van der Waals surface area (Å²) in [5.41, 5.74) is 1.75. The fourth-order valence-corrected chi connectivity index (χ4v) is 4.00. The van der Waals surface area contributed by atoms with Gasteiger partial charge in [0.05, 0.1) is 17.8 Å². The second-order valence-electron chi connectivity index (χ2n) is 6.62. The summed E-state index contributed by atoms with van der Waals surface area (Å²) in [6, 6.07) is 10.4. The van der Waals surface area contributed by atoms with Gasteiger partial charge in [0.2, 0.25) is 0 Å². The molecule has 7 heteroatoms. The van der Waals surface area contributed by atoms with Crippen LogP contribution in [0.3, 0.4) is 0 Å². The van der Waals surface area contributed by atoms with Crippen molar-refractivity contribution < 1.29 is 0 Å². The molecule has 2 aromatic rings. The number of hydrogen-bond donors (Lipinski definition) is 2. The lowest BCUT2D eigenvalue weighted by Crippen LogP contribution is -2.51. The van der Waals surface area contributed by atoms with Gasteiger partial charge in [0.1, 0.15) is 11.1 Å². The molecule has 0 amide bonds. The van der Waals surface area contributed by atoms with Gasteiger partial charge in [-0.3, -0.25) is 0 Å². The molecule has 6 nitrogen and oxygen atoms in total. The van der Waals surface area contributed by atoms with E-state index in [4.69, 9.17) is 4.99 Å². The minimum atomic E-state index is 0.293. The number of thiazole rings is 1. The van der Waals surface area contributed by atoms with Crippen LogP contribution in [-0.4, -0.2) is 36.6 Å². The third-order valence-electron chi connectivity index (χ3n) is 4.51. The molecule has 0 saturated carbocycles. The molecule has 1 aliphatic rings. The van der Waals surface area contributed by atoms with Crippen LogP contribution in [0.1, 0.15) is 35.2 Å². The second kappa shape index (κ2) is 9.38. The van der Waals surface area contributed by atoms with E-state index in [2.05, 4.69) is 40.4 Å². The molecule has 0 radical (unpaired) electrons. The molecule has 3 rings (SSSR count). The Hall–Kier alpha value is -2.59. The first-order chi connectivity index (χ1) is 13.2. The van der Waals surface area contributed by atoms with E-state index < -0.39 is 0 Å². The van der Waals surface area contributed by atoms with Gasteiger partial charge in [0.15, 0.2) is 5.96 Å². The summed E-state index contributed by atoms with van der Waals surface area (Å²) >= 11 is 1.68. The smallest absolute Gasteiger partial charge is 0.191 e. The molecule has 0 aliphatic carbocycles. The van der Waals surface area contributed by atoms with E-state index in [1.807, 2.05) is 30.5 Å². The van der Waals surface area contributed by atoms with Crippen LogP contribution in [0, 0.1) is 18.3 Å². The van der Waals surface area contributed by atoms with E-state index in [9.17, 15) is 5.26 Å². The van der Waals surface area contributed by atoms with E-state index in [0.29, 0.717) is 12.6 Å². The highest BCUT2D eigenvalue weighted by Gasteiger charge is 2.22. The molecular weight excluding hydrogens is 356 g/mol. The van der Waals surface area contributed by atoms with Crippen molar-refractivity contribution in [3.63, 3.8) is 0 Å². The summed E-state index contributed by atoms with van der Waals surface area (Å²) in [4.78, 5) is 12.6. The van der Waals surface area contributed by atoms with Crippen molar-refractivity contribution in [3.05, 3.63) is 45.9 Å². The Morgan fingerprint density at radius 3 is 3.04 bits per heavy atom. The van der Waals surface area contributed by atoms with Crippen LogP contribution in [0.15, 0.2) is 35.5 Å². The zero-order chi connectivity index (χ0) is 19.1. The standard InChI is InChI=1S/C20H26N6S/c1-3-22-20(24-13-19-23-12-15(2)27-19)25-17-8-6-10-26(14-17)18-9-5-4-7-16(18)11-21/h4-5,7,9,12,17H,3,6,8,10,13-14H2,1-2H3,(H2,22,24,25). The molecule has 0 bridgehead atoms. The van der Waals surface area contributed by atoms with E-state index in [1.54, 1.807) is 11.3 Å². The molecule has 1 saturated heterocycles. The van der Waals surface area contributed by atoms with Gasteiger partial charge in [0.25, 0.3) is 0 Å². The predicted molar refractivity (Wildman–Crippen MR) is 111 cm³/mol. The number of nitriles is 1. The van der Waals surface area contributed by atoms with Crippen molar-refractivity contribution in [3.8, 4) is 6.07 Å². The Bertz CT molecular complexity index is 822. The Labute approximate surface area is 165 Å². The Kier molecular flexibility index (Phi) is 6.66. The average Bonchev–Trinajstić information content (AvgIpc) is 3.12. The maximum Gasteiger partial charge on any atom is 0.191 e. The summed E-state index contributed by atoms with van der Waals surface area (Å²) in [6.45, 7) is 7.37. The largest absolute Gasteiger partial charge is 0.368 e. The molecule has 1 aliphatic heterocycles. The maximum absolute atomic E-state index is 9.38. The monoisotopic (exact) mass is 382 g/mol. The van der Waals surface area contributed by atoms with Crippen molar-refractivity contribution in [1.82, 2.24) is 15.6 Å². The normalized spacial score (nSPS) is 17.4. The molecule has 0 spiro atoms. The second-order valence-corrected chi connectivity index (χ2v) is 7.94. The Morgan fingerprint density at radius 2 is 2.30 bits per heavy atom. The number of aromatic nitrogens is 1. The van der Waals surface area contributed by atoms with E-state index >= 15 is 0 Å². The lowest BCUT2D eigenvalue weighted by Gasteiger charge is -2.35. The van der Waals surface area contributed by atoms with Gasteiger partial charge < -0.3 is 15.5 Å². The van der Waals surface area contributed by atoms with E-state index in [0.717, 1.165) is 54.7 Å². The number of benzene rings is 1. The molecule has 2 heterocycles. The molecule has 142 valence electrons. The van der Waals surface area contributed by atoms with Gasteiger partial charge in [-0.1, -0.05) is 12.1 Å². The third-order valence-corrected chi connectivity index (χ3v) is 5.41. The van der Waals surface area contributed by atoms with E-state index in [1.165, 1.54) is 4.88 Å². The van der Waals surface area contributed by atoms with Crippen LogP contribution in [0.25, 0.3) is 0 Å². The highest BCUT2D eigenvalue weighted by atomic mass is 32.1. The zero-order valence-corrected chi connectivity index (χ0v) is 16.7. The van der Waals surface area contributed by atoms with Crippen molar-refractivity contribution in [1.29, 1.82) is 5.26 Å². The van der Waals surface area contributed by atoms with Crippen LogP contribution in [-0.2, 0) is 6.54 Å². The van der Waals surface area contributed by atoms with Gasteiger partial charge in [0, 0.05) is 36.8 Å². The van der Waals surface area contributed by atoms with Gasteiger partial charge in [-0.15, -0.1) is 11.3 Å². The number of aliphatic imine (C=N–C) groups is 1. The summed E-state index contributed by atoms with van der Waals surface area (Å²) in [5.74, 6) is 0.825. The number of hydrogen-bond acceptors (Lipinski definition) is 5. The number of nitrogens with one attached hydrogen (secondary N) is 2. The number of rotatable bonds is 5. The van der Waals surface area contributed by atoms with Gasteiger partial charge in [-0.05, 0) is 38.8 Å². The van der Waals surface area contributed by atoms with E-state index in [-0.39, 0.29) is 0 Å². The minimum absolute atomic E-state index is 0.293. The average molecular weight is 383 g/mol. The number of anilines is 1. The fourth-order valence-electron chi connectivity index (χ4n) is 3.29. The maximum atomic E-state index is 9.38. The summed E-state index contributed by atoms with van der Waals surface area (Å²) in [5, 5.41) is 17.3. The van der Waals surface area contributed by atoms with Crippen LogP contribution in [0.5, 0.6) is 0 Å². The SMILES string of the molecule is CCNC(=NCc1ncc(C)s1)NC1CCCN(c2ccccc2C#N)C1. The van der Waals surface area contributed by atoms with Crippen LogP contribution in [0.2, 0.25) is 0 Å². The van der Waals surface area contributed by atoms with Crippen molar-refractivity contribution in [2.75, 3.05) is 24.5 Å². The number of piperidine rings is 1. The summed E-state index contributed by atoms with van der Waals surface area (Å²) in [7, 11) is 0. The third kappa shape index (κ3) is 5.20. The zero-order valence-electron chi connectivity index (χ0n) is 15.9. The van der Waals surface area contributed by atoms with Gasteiger partial charge >= 0.3 is 0 Å². The summed E-state index contributed by atoms with van der Waals surface area (Å²) in [6.07, 6.45) is 4.07. The first-order valence-electron chi connectivity index (χ1n) is 9.39. The molecule has 1 fully saturated rings. The number of nitrogens with zero attached hydrogens (tertiary/aromatic N) is 4. The van der Waals surface area contributed by atoms with Gasteiger partial charge in [-0.25, -0.2) is 9.98 Å². The highest BCUT2D eigenvalue weighted by molar-refractivity contribution is 7.11. The van der Waals surface area contributed by atoms with Crippen LogP contribution in [0.4, 0.5) is 5.69 Å². The molecule has 1 aromatic heterocycles. The number of aryl methyl sites for hydroxylation is 1. The van der Waals surface area contributed by atoms with Crippen molar-refractivity contribution in [2.24, 2.45) is 4.99 Å². The first-order valence-corrected chi connectivity index (χ1v) is 10.2. The molecule has 1 unspecified atom stereocenters. The van der Waals surface area contributed by atoms with Crippen molar-refractivity contribution >= 4 is 23.0 Å². The fraction of sp³-hybridized carbons (Fsp3) is 0.450. The molecule has 1 atom stereocenters. The van der Waals surface area contributed by atoms with Crippen LogP contribution >= 0.6 is 11.3 Å². The van der Waals surface area contributed by atoms with Gasteiger partial charge in [-0.2, -0.15) is 5.26 Å². The number of guanidine groups is 1. The predicted octanol–water partition coefficient (Wildman–Crippen LogP) is 3.05. The van der Waals surface area contributed by atoms with Crippen molar-refractivity contribution in [2.45, 2.75) is 39.3 Å². The molecule has 1 aromatic carbocycles. The lowest BCUT2D eigenvalue weighted by atomic mass is 10.0. The quantitative estimate of drug-likeness (QED) is 0.614. The summed E-state index contributed by atoms with van der Waals surface area (Å²) < 4.78 is 0. The lowest BCUT2D eigenvalue weighted by molar-refractivity contribution is 0.468.